The predicted molar refractivity (Wildman–Crippen MR) is 98.8 cm³/mol. The second-order valence-corrected chi connectivity index (χ2v) is 6.53. The number of anilines is 2. The number of carbonyl (C=O) groups excluding carboxylic acids is 1. The van der Waals surface area contributed by atoms with Crippen molar-refractivity contribution in [2.24, 2.45) is 0 Å². The van der Waals surface area contributed by atoms with E-state index in [0.29, 0.717) is 5.69 Å². The van der Waals surface area contributed by atoms with E-state index in [-0.39, 0.29) is 11.9 Å². The minimum Gasteiger partial charge on any atom is -0.374 e. The topological polar surface area (TPSA) is 36.4 Å². The number of hydrogen-bond donors (Lipinski definition) is 0. The first-order valence-electron chi connectivity index (χ1n) is 8.70. The molecule has 2 heterocycles. The van der Waals surface area contributed by atoms with Crippen molar-refractivity contribution in [2.75, 3.05) is 23.4 Å². The maximum absolute atomic E-state index is 13.1. The van der Waals surface area contributed by atoms with Crippen LogP contribution >= 0.6 is 0 Å². The zero-order valence-corrected chi connectivity index (χ0v) is 14.7. The fourth-order valence-electron chi connectivity index (χ4n) is 3.30. The van der Waals surface area contributed by atoms with Gasteiger partial charge in [0.1, 0.15) is 5.69 Å². The molecule has 126 valence electrons. The number of para-hydroxylation sites is 1. The van der Waals surface area contributed by atoms with Crippen LogP contribution in [0.3, 0.4) is 0 Å². The first-order chi connectivity index (χ1) is 11.6. The molecule has 1 unspecified atom stereocenters. The zero-order chi connectivity index (χ0) is 17.1. The van der Waals surface area contributed by atoms with Crippen LogP contribution in [0.1, 0.15) is 42.7 Å². The van der Waals surface area contributed by atoms with Crippen LogP contribution in [0.2, 0.25) is 0 Å². The molecule has 0 spiro atoms. The minimum absolute atomic E-state index is 0.0156. The van der Waals surface area contributed by atoms with Gasteiger partial charge >= 0.3 is 0 Å². The molecule has 0 bridgehead atoms. The summed E-state index contributed by atoms with van der Waals surface area (Å²) < 4.78 is 0. The molecule has 0 radical (unpaired) electrons. The van der Waals surface area contributed by atoms with Gasteiger partial charge in [0.25, 0.3) is 5.91 Å². The molecule has 1 amide bonds. The Hall–Kier alpha value is -2.36. The summed E-state index contributed by atoms with van der Waals surface area (Å²) in [5.41, 5.74) is 3.80. The van der Waals surface area contributed by atoms with E-state index in [1.54, 1.807) is 6.20 Å². The van der Waals surface area contributed by atoms with Crippen molar-refractivity contribution >= 4 is 17.3 Å². The van der Waals surface area contributed by atoms with Crippen molar-refractivity contribution in [3.63, 3.8) is 0 Å². The van der Waals surface area contributed by atoms with Crippen LogP contribution < -0.4 is 9.80 Å². The van der Waals surface area contributed by atoms with Gasteiger partial charge in [0.05, 0.1) is 0 Å². The highest BCUT2D eigenvalue weighted by Gasteiger charge is 2.31. The molecule has 0 saturated heterocycles. The quantitative estimate of drug-likeness (QED) is 0.837. The molecule has 0 fully saturated rings. The Balaban J connectivity index is 1.86. The highest BCUT2D eigenvalue weighted by atomic mass is 16.2. The third kappa shape index (κ3) is 3.14. The first-order valence-corrected chi connectivity index (χ1v) is 8.70. The van der Waals surface area contributed by atoms with Crippen LogP contribution in [0, 0.1) is 0 Å². The number of nitrogens with zero attached hydrogens (tertiary/aromatic N) is 3. The number of benzene rings is 1. The molecule has 2 aromatic rings. The fraction of sp³-hybridized carbons (Fsp3) is 0.400. The normalized spacial score (nSPS) is 16.1. The van der Waals surface area contributed by atoms with E-state index in [9.17, 15) is 4.79 Å². The summed E-state index contributed by atoms with van der Waals surface area (Å²) in [5.74, 6) is -0.0156. The summed E-state index contributed by atoms with van der Waals surface area (Å²) in [4.78, 5) is 21.5. The Morgan fingerprint density at radius 1 is 1.33 bits per heavy atom. The van der Waals surface area contributed by atoms with E-state index >= 15 is 0 Å². The van der Waals surface area contributed by atoms with Crippen LogP contribution in [0.5, 0.6) is 0 Å². The average Bonchev–Trinajstić information content (AvgIpc) is 2.94. The van der Waals surface area contributed by atoms with Crippen molar-refractivity contribution in [1.29, 1.82) is 0 Å². The Bertz CT molecular complexity index is 728. The number of pyridine rings is 1. The van der Waals surface area contributed by atoms with E-state index in [2.05, 4.69) is 36.8 Å². The molecule has 3 rings (SSSR count). The number of fused-ring (bicyclic) bond motifs is 1. The van der Waals surface area contributed by atoms with Crippen molar-refractivity contribution in [2.45, 2.75) is 39.2 Å². The smallest absolute Gasteiger partial charge is 0.277 e. The molecular formula is C20H25N3O. The number of rotatable bonds is 5. The lowest BCUT2D eigenvalue weighted by Crippen LogP contribution is -2.36. The molecule has 24 heavy (non-hydrogen) atoms. The van der Waals surface area contributed by atoms with Gasteiger partial charge in [-0.05, 0) is 43.5 Å². The van der Waals surface area contributed by atoms with Gasteiger partial charge in [0, 0.05) is 37.2 Å². The molecule has 4 nitrogen and oxygen atoms in total. The van der Waals surface area contributed by atoms with Crippen LogP contribution in [0.4, 0.5) is 11.4 Å². The van der Waals surface area contributed by atoms with E-state index in [4.69, 9.17) is 0 Å². The largest absolute Gasteiger partial charge is 0.374 e. The van der Waals surface area contributed by atoms with Gasteiger partial charge in [-0.2, -0.15) is 0 Å². The third-order valence-corrected chi connectivity index (χ3v) is 4.68. The maximum Gasteiger partial charge on any atom is 0.277 e. The molecule has 0 saturated carbocycles. The van der Waals surface area contributed by atoms with Crippen molar-refractivity contribution < 1.29 is 4.79 Å². The number of unbranched alkanes of at least 4 members (excludes halogenated alkanes) is 1. The summed E-state index contributed by atoms with van der Waals surface area (Å²) in [6.07, 6.45) is 4.93. The Morgan fingerprint density at radius 3 is 2.92 bits per heavy atom. The summed E-state index contributed by atoms with van der Waals surface area (Å²) in [6, 6.07) is 12.2. The van der Waals surface area contributed by atoms with E-state index < -0.39 is 0 Å². The third-order valence-electron chi connectivity index (χ3n) is 4.68. The number of hydrogen-bond acceptors (Lipinski definition) is 3. The lowest BCUT2D eigenvalue weighted by atomic mass is 10.1. The van der Waals surface area contributed by atoms with Crippen molar-refractivity contribution in [3.05, 3.63) is 53.9 Å². The SMILES string of the molecule is CCCCN(C)c1ccnc(C(=O)N2c3ccccc3CC2C)c1. The van der Waals surface area contributed by atoms with Crippen molar-refractivity contribution in [3.8, 4) is 0 Å². The van der Waals surface area contributed by atoms with Gasteiger partial charge in [0.2, 0.25) is 0 Å². The molecular weight excluding hydrogens is 298 g/mol. The second-order valence-electron chi connectivity index (χ2n) is 6.53. The van der Waals surface area contributed by atoms with Gasteiger partial charge in [-0.1, -0.05) is 31.5 Å². The molecule has 1 aliphatic heterocycles. The van der Waals surface area contributed by atoms with Crippen LogP contribution in [0.15, 0.2) is 42.6 Å². The number of aromatic nitrogens is 1. The van der Waals surface area contributed by atoms with E-state index in [0.717, 1.165) is 37.2 Å². The fourth-order valence-corrected chi connectivity index (χ4v) is 3.30. The van der Waals surface area contributed by atoms with E-state index in [1.165, 1.54) is 5.56 Å². The van der Waals surface area contributed by atoms with Gasteiger partial charge in [-0.25, -0.2) is 0 Å². The van der Waals surface area contributed by atoms with Crippen molar-refractivity contribution in [1.82, 2.24) is 4.98 Å². The number of amides is 1. The highest BCUT2D eigenvalue weighted by Crippen LogP contribution is 2.33. The van der Waals surface area contributed by atoms with Gasteiger partial charge in [-0.15, -0.1) is 0 Å². The standard InChI is InChI=1S/C20H25N3O/c1-4-5-12-22(3)17-10-11-21-18(14-17)20(24)23-15(2)13-16-8-6-7-9-19(16)23/h6-11,14-15H,4-5,12-13H2,1-3H3. The summed E-state index contributed by atoms with van der Waals surface area (Å²) in [6.45, 7) is 5.26. The van der Waals surface area contributed by atoms with E-state index in [1.807, 2.05) is 35.2 Å². The zero-order valence-electron chi connectivity index (χ0n) is 14.7. The Labute approximate surface area is 144 Å². The maximum atomic E-state index is 13.1. The molecule has 0 aliphatic carbocycles. The predicted octanol–water partition coefficient (Wildman–Crippen LogP) is 3.91. The molecule has 1 aromatic heterocycles. The highest BCUT2D eigenvalue weighted by molar-refractivity contribution is 6.07. The average molecular weight is 323 g/mol. The lowest BCUT2D eigenvalue weighted by molar-refractivity contribution is 0.0976. The monoisotopic (exact) mass is 323 g/mol. The number of carbonyl (C=O) groups is 1. The Kier molecular flexibility index (Phi) is 4.84. The molecule has 1 aromatic carbocycles. The van der Waals surface area contributed by atoms with Crippen LogP contribution in [0.25, 0.3) is 0 Å². The minimum atomic E-state index is -0.0156. The van der Waals surface area contributed by atoms with Gasteiger partial charge < -0.3 is 9.80 Å². The van der Waals surface area contributed by atoms with Gasteiger partial charge in [0.15, 0.2) is 0 Å². The lowest BCUT2D eigenvalue weighted by Gasteiger charge is -2.23. The van der Waals surface area contributed by atoms with Crippen LogP contribution in [-0.4, -0.2) is 30.5 Å². The molecule has 1 aliphatic rings. The molecule has 0 N–H and O–H groups in total. The van der Waals surface area contributed by atoms with Gasteiger partial charge in [-0.3, -0.25) is 9.78 Å². The Morgan fingerprint density at radius 2 is 2.12 bits per heavy atom. The first kappa shape index (κ1) is 16.5. The molecule has 1 atom stereocenters. The summed E-state index contributed by atoms with van der Waals surface area (Å²) in [7, 11) is 2.06. The van der Waals surface area contributed by atoms with Crippen LogP contribution in [-0.2, 0) is 6.42 Å². The second kappa shape index (κ2) is 7.04. The molecule has 4 heteroatoms. The summed E-state index contributed by atoms with van der Waals surface area (Å²) in [5, 5.41) is 0. The summed E-state index contributed by atoms with van der Waals surface area (Å²) >= 11 is 0.